The molecule has 0 bridgehead atoms. The highest BCUT2D eigenvalue weighted by atomic mass is 16.6. The Morgan fingerprint density at radius 1 is 1.56 bits per heavy atom. The van der Waals surface area contributed by atoms with Crippen molar-refractivity contribution < 1.29 is 19.4 Å². The molecule has 0 aromatic carbocycles. The van der Waals surface area contributed by atoms with E-state index in [0.29, 0.717) is 6.61 Å². The highest BCUT2D eigenvalue weighted by Gasteiger charge is 2.65. The molecule has 2 rings (SSSR count). The van der Waals surface area contributed by atoms with Crippen molar-refractivity contribution in [1.29, 1.82) is 0 Å². The average molecular weight is 257 g/mol. The zero-order valence-corrected chi connectivity index (χ0v) is 11.5. The van der Waals surface area contributed by atoms with Crippen LogP contribution in [0.25, 0.3) is 0 Å². The first kappa shape index (κ1) is 13.8. The lowest BCUT2D eigenvalue weighted by Crippen LogP contribution is -2.78. The van der Waals surface area contributed by atoms with Crippen molar-refractivity contribution in [2.24, 2.45) is 0 Å². The number of aliphatic hydroxyl groups is 1. The lowest BCUT2D eigenvalue weighted by molar-refractivity contribution is -0.213. The molecule has 2 fully saturated rings. The number of likely N-dealkylation sites (tertiary alicyclic amines) is 1. The second-order valence-electron chi connectivity index (χ2n) is 5.41. The van der Waals surface area contributed by atoms with Crippen LogP contribution in [-0.4, -0.2) is 59.0 Å². The van der Waals surface area contributed by atoms with Gasteiger partial charge >= 0.3 is 0 Å². The van der Waals surface area contributed by atoms with Gasteiger partial charge in [0, 0.05) is 6.92 Å². The Bertz CT molecular complexity index is 335. The number of hydrogen-bond acceptors (Lipinski definition) is 4. The van der Waals surface area contributed by atoms with Crippen molar-refractivity contribution in [3.8, 4) is 0 Å². The second kappa shape index (κ2) is 4.79. The molecule has 1 amide bonds. The van der Waals surface area contributed by atoms with E-state index in [4.69, 9.17) is 14.6 Å². The topological polar surface area (TPSA) is 62.3 Å². The molecule has 0 aliphatic carbocycles. The molecule has 1 N–H and O–H groups in total. The fraction of sp³-hybridized carbons (Fsp3) is 0.923. The molecule has 0 aromatic rings. The van der Waals surface area contributed by atoms with Crippen LogP contribution in [0.1, 0.15) is 34.1 Å². The Kier molecular flexibility index (Phi) is 3.67. The van der Waals surface area contributed by atoms with Crippen LogP contribution in [0.4, 0.5) is 0 Å². The van der Waals surface area contributed by atoms with E-state index in [2.05, 4.69) is 6.92 Å². The monoisotopic (exact) mass is 257 g/mol. The smallest absolute Gasteiger partial charge is 0.220 e. The quantitative estimate of drug-likeness (QED) is 0.731. The molecule has 2 aliphatic rings. The van der Waals surface area contributed by atoms with Gasteiger partial charge in [-0.25, -0.2) is 0 Å². The molecular formula is C13H23NO4. The number of nitrogens with zero attached hydrogens (tertiary/aromatic N) is 1. The van der Waals surface area contributed by atoms with Gasteiger partial charge in [-0.2, -0.15) is 0 Å². The van der Waals surface area contributed by atoms with Crippen molar-refractivity contribution in [2.45, 2.75) is 64.0 Å². The molecule has 0 spiro atoms. The van der Waals surface area contributed by atoms with Gasteiger partial charge in [0.15, 0.2) is 0 Å². The van der Waals surface area contributed by atoms with Crippen LogP contribution >= 0.6 is 0 Å². The van der Waals surface area contributed by atoms with Crippen LogP contribution in [0.3, 0.4) is 0 Å². The molecule has 0 radical (unpaired) electrons. The van der Waals surface area contributed by atoms with Crippen molar-refractivity contribution in [3.05, 3.63) is 0 Å². The largest absolute Gasteiger partial charge is 0.394 e. The minimum Gasteiger partial charge on any atom is -0.394 e. The Morgan fingerprint density at radius 3 is 2.56 bits per heavy atom. The first-order valence-corrected chi connectivity index (χ1v) is 6.65. The number of carbonyl (C=O) groups is 1. The molecule has 18 heavy (non-hydrogen) atoms. The van der Waals surface area contributed by atoms with Crippen molar-refractivity contribution in [1.82, 2.24) is 4.90 Å². The Hall–Kier alpha value is -0.650. The zero-order chi connectivity index (χ0) is 13.5. The number of ether oxygens (including phenoxy) is 2. The summed E-state index contributed by atoms with van der Waals surface area (Å²) in [6.45, 7) is 8.01. The summed E-state index contributed by atoms with van der Waals surface area (Å²) < 4.78 is 11.3. The van der Waals surface area contributed by atoms with Gasteiger partial charge in [-0.05, 0) is 20.3 Å². The van der Waals surface area contributed by atoms with Crippen LogP contribution in [0.2, 0.25) is 0 Å². The standard InChI is InChI=1S/C13H23NO4/c1-5-13(4)12(17-7-6-15)10(11-8(2)18-11)14(13)9(3)16/h8,10-12,15H,5-7H2,1-4H3. The minimum absolute atomic E-state index is 0.00413. The number of rotatable bonds is 5. The summed E-state index contributed by atoms with van der Waals surface area (Å²) >= 11 is 0. The molecule has 5 nitrogen and oxygen atoms in total. The SMILES string of the molecule is CCC1(C)C(OCCO)C(C2OC2C)N1C(C)=O. The number of carbonyl (C=O) groups excluding carboxylic acids is 1. The lowest BCUT2D eigenvalue weighted by atomic mass is 9.72. The van der Waals surface area contributed by atoms with Crippen molar-refractivity contribution in [2.75, 3.05) is 13.2 Å². The minimum atomic E-state index is -0.280. The summed E-state index contributed by atoms with van der Waals surface area (Å²) in [6, 6.07) is -0.00556. The summed E-state index contributed by atoms with van der Waals surface area (Å²) in [6.07, 6.45) is 1.06. The van der Waals surface area contributed by atoms with Crippen LogP contribution in [0, 0.1) is 0 Å². The Labute approximate surface area is 108 Å². The third-order valence-electron chi connectivity index (χ3n) is 4.31. The van der Waals surface area contributed by atoms with E-state index in [-0.39, 0.29) is 42.4 Å². The maximum Gasteiger partial charge on any atom is 0.220 e. The van der Waals surface area contributed by atoms with Crippen LogP contribution in [-0.2, 0) is 14.3 Å². The molecular weight excluding hydrogens is 234 g/mol. The normalized spacial score (nSPS) is 42.6. The van der Waals surface area contributed by atoms with Gasteiger partial charge in [-0.15, -0.1) is 0 Å². The van der Waals surface area contributed by atoms with E-state index in [0.717, 1.165) is 6.42 Å². The number of amides is 1. The highest BCUT2D eigenvalue weighted by Crippen LogP contribution is 2.47. The van der Waals surface area contributed by atoms with E-state index in [1.807, 2.05) is 18.7 Å². The third-order valence-corrected chi connectivity index (χ3v) is 4.31. The number of epoxide rings is 1. The maximum absolute atomic E-state index is 11.8. The number of hydrogen-bond donors (Lipinski definition) is 1. The van der Waals surface area contributed by atoms with Gasteiger partial charge < -0.3 is 19.5 Å². The molecule has 5 unspecified atom stereocenters. The van der Waals surface area contributed by atoms with Gasteiger partial charge in [-0.3, -0.25) is 4.79 Å². The second-order valence-corrected chi connectivity index (χ2v) is 5.41. The molecule has 5 atom stereocenters. The van der Waals surface area contributed by atoms with Gasteiger partial charge in [0.05, 0.1) is 30.9 Å². The molecule has 2 saturated heterocycles. The van der Waals surface area contributed by atoms with Gasteiger partial charge in [-0.1, -0.05) is 6.92 Å². The van der Waals surface area contributed by atoms with Crippen LogP contribution in [0.5, 0.6) is 0 Å². The Morgan fingerprint density at radius 2 is 2.17 bits per heavy atom. The van der Waals surface area contributed by atoms with E-state index in [1.165, 1.54) is 0 Å². The Balaban J connectivity index is 2.15. The van der Waals surface area contributed by atoms with Gasteiger partial charge in [0.1, 0.15) is 12.2 Å². The first-order valence-electron chi connectivity index (χ1n) is 6.65. The highest BCUT2D eigenvalue weighted by molar-refractivity contribution is 5.76. The van der Waals surface area contributed by atoms with E-state index in [1.54, 1.807) is 6.92 Å². The third kappa shape index (κ3) is 1.94. The average Bonchev–Trinajstić information content (AvgIpc) is 3.01. The lowest BCUT2D eigenvalue weighted by Gasteiger charge is -2.61. The summed E-state index contributed by atoms with van der Waals surface area (Å²) in [5.41, 5.74) is -0.280. The summed E-state index contributed by atoms with van der Waals surface area (Å²) in [4.78, 5) is 13.7. The van der Waals surface area contributed by atoms with Gasteiger partial charge in [0.2, 0.25) is 5.91 Å². The molecule has 5 heteroatoms. The summed E-state index contributed by atoms with van der Waals surface area (Å²) in [5, 5.41) is 8.91. The fourth-order valence-corrected chi connectivity index (χ4v) is 3.18. The predicted molar refractivity (Wildman–Crippen MR) is 66.2 cm³/mol. The molecule has 104 valence electrons. The fourth-order valence-electron chi connectivity index (χ4n) is 3.18. The predicted octanol–water partition coefficient (Wildman–Crippen LogP) is 0.551. The van der Waals surface area contributed by atoms with Crippen molar-refractivity contribution >= 4 is 5.91 Å². The van der Waals surface area contributed by atoms with Crippen LogP contribution < -0.4 is 0 Å². The maximum atomic E-state index is 11.8. The summed E-state index contributed by atoms with van der Waals surface area (Å²) in [7, 11) is 0. The first-order chi connectivity index (χ1) is 8.47. The van der Waals surface area contributed by atoms with E-state index < -0.39 is 0 Å². The molecule has 0 aromatic heterocycles. The van der Waals surface area contributed by atoms with Crippen molar-refractivity contribution in [3.63, 3.8) is 0 Å². The van der Waals surface area contributed by atoms with Gasteiger partial charge in [0.25, 0.3) is 0 Å². The molecule has 2 aliphatic heterocycles. The zero-order valence-electron chi connectivity index (χ0n) is 11.5. The number of aliphatic hydroxyl groups excluding tert-OH is 1. The van der Waals surface area contributed by atoms with Crippen LogP contribution in [0.15, 0.2) is 0 Å². The van der Waals surface area contributed by atoms with E-state index >= 15 is 0 Å². The van der Waals surface area contributed by atoms with E-state index in [9.17, 15) is 4.79 Å². The molecule has 0 saturated carbocycles. The summed E-state index contributed by atoms with van der Waals surface area (Å²) in [5.74, 6) is 0.0656. The molecule has 2 heterocycles.